The molecule has 0 saturated heterocycles. The molecule has 0 aliphatic heterocycles. The highest BCUT2D eigenvalue weighted by Crippen LogP contribution is 2.19. The summed E-state index contributed by atoms with van der Waals surface area (Å²) in [6, 6.07) is 19.2. The molecular weight excluding hydrogens is 332 g/mol. The number of Topliss-reactive ketones (excluding diaryl/α,β-unsaturated/α-hetero) is 1. The Morgan fingerprint density at radius 2 is 1.68 bits per heavy atom. The number of benzene rings is 2. The number of carbonyl (C=O) groups is 1. The van der Waals surface area contributed by atoms with E-state index in [9.17, 15) is 9.59 Å². The molecule has 122 valence electrons. The van der Waals surface area contributed by atoms with Gasteiger partial charge in [-0.25, -0.2) is 4.98 Å². The zero-order valence-corrected chi connectivity index (χ0v) is 14.1. The van der Waals surface area contributed by atoms with Crippen molar-refractivity contribution in [1.29, 1.82) is 0 Å². The van der Waals surface area contributed by atoms with Crippen LogP contribution in [0.2, 0.25) is 0 Å². The first-order valence-corrected chi connectivity index (χ1v) is 8.72. The molecule has 0 spiro atoms. The third-order valence-corrected chi connectivity index (χ3v) is 4.90. The molecule has 2 aromatic heterocycles. The molecule has 2 heterocycles. The lowest BCUT2D eigenvalue weighted by atomic mass is 10.0. The Labute approximate surface area is 148 Å². The van der Waals surface area contributed by atoms with E-state index >= 15 is 0 Å². The molecule has 5 heteroatoms. The van der Waals surface area contributed by atoms with Gasteiger partial charge in [-0.3, -0.25) is 14.2 Å². The van der Waals surface area contributed by atoms with Crippen LogP contribution < -0.4 is 5.56 Å². The maximum atomic E-state index is 12.5. The van der Waals surface area contributed by atoms with Crippen molar-refractivity contribution in [1.82, 2.24) is 9.55 Å². The van der Waals surface area contributed by atoms with E-state index in [2.05, 4.69) is 4.98 Å². The minimum atomic E-state index is -0.180. The summed E-state index contributed by atoms with van der Waals surface area (Å²) in [5, 5.41) is 2.38. The van der Waals surface area contributed by atoms with Crippen molar-refractivity contribution in [3.8, 4) is 11.1 Å². The van der Waals surface area contributed by atoms with Gasteiger partial charge in [0.15, 0.2) is 5.78 Å². The highest BCUT2D eigenvalue weighted by Gasteiger charge is 2.11. The van der Waals surface area contributed by atoms with Crippen molar-refractivity contribution in [2.24, 2.45) is 0 Å². The number of hydrogen-bond acceptors (Lipinski definition) is 4. The van der Waals surface area contributed by atoms with Gasteiger partial charge >= 0.3 is 0 Å². The normalized spacial score (nSPS) is 10.9. The lowest BCUT2D eigenvalue weighted by Crippen LogP contribution is -2.24. The summed E-state index contributed by atoms with van der Waals surface area (Å²) in [7, 11) is 0. The van der Waals surface area contributed by atoms with Crippen LogP contribution >= 0.6 is 11.3 Å². The summed E-state index contributed by atoms with van der Waals surface area (Å²) in [5.74, 6) is -0.113. The molecule has 0 aliphatic carbocycles. The molecule has 0 bridgehead atoms. The van der Waals surface area contributed by atoms with Crippen molar-refractivity contribution in [2.45, 2.75) is 6.54 Å². The predicted molar refractivity (Wildman–Crippen MR) is 100 cm³/mol. The first-order chi connectivity index (χ1) is 12.2. The standard InChI is InChI=1S/C20H14N2O2S/c23-18(12-22-13-21-19-17(20(22)24)10-11-25-19)16-8-6-15(7-9-16)14-4-2-1-3-5-14/h1-11,13H,12H2. The van der Waals surface area contributed by atoms with Gasteiger partial charge in [0.1, 0.15) is 4.83 Å². The fourth-order valence-electron chi connectivity index (χ4n) is 2.73. The zero-order chi connectivity index (χ0) is 17.2. The number of fused-ring (bicyclic) bond motifs is 1. The van der Waals surface area contributed by atoms with Crippen molar-refractivity contribution in [2.75, 3.05) is 0 Å². The molecule has 0 amide bonds. The van der Waals surface area contributed by atoms with Gasteiger partial charge in [-0.1, -0.05) is 54.6 Å². The van der Waals surface area contributed by atoms with Gasteiger partial charge in [0.25, 0.3) is 5.56 Å². The Balaban J connectivity index is 1.58. The van der Waals surface area contributed by atoms with Crippen molar-refractivity contribution in [3.05, 3.63) is 88.3 Å². The Hall–Kier alpha value is -3.05. The minimum absolute atomic E-state index is 0.0116. The molecule has 0 atom stereocenters. The van der Waals surface area contributed by atoms with Gasteiger partial charge in [-0.15, -0.1) is 11.3 Å². The fourth-order valence-corrected chi connectivity index (χ4v) is 3.45. The van der Waals surface area contributed by atoms with Crippen molar-refractivity contribution >= 4 is 27.3 Å². The van der Waals surface area contributed by atoms with Gasteiger partial charge in [0.2, 0.25) is 0 Å². The third-order valence-electron chi connectivity index (χ3n) is 4.08. The zero-order valence-electron chi connectivity index (χ0n) is 13.3. The molecule has 0 radical (unpaired) electrons. The maximum absolute atomic E-state index is 12.5. The second-order valence-electron chi connectivity index (χ2n) is 5.68. The van der Waals surface area contributed by atoms with E-state index in [4.69, 9.17) is 0 Å². The molecular formula is C20H14N2O2S. The van der Waals surface area contributed by atoms with Crippen LogP contribution in [0.1, 0.15) is 10.4 Å². The van der Waals surface area contributed by atoms with Crippen LogP contribution in [0.4, 0.5) is 0 Å². The first-order valence-electron chi connectivity index (χ1n) is 7.84. The van der Waals surface area contributed by atoms with Gasteiger partial charge in [0.05, 0.1) is 18.3 Å². The van der Waals surface area contributed by atoms with Crippen molar-refractivity contribution in [3.63, 3.8) is 0 Å². The molecule has 0 aliphatic rings. The number of ketones is 1. The topological polar surface area (TPSA) is 52.0 Å². The average molecular weight is 346 g/mol. The first kappa shape index (κ1) is 15.5. The molecule has 4 aromatic rings. The summed E-state index contributed by atoms with van der Waals surface area (Å²) >= 11 is 1.42. The summed E-state index contributed by atoms with van der Waals surface area (Å²) in [5.41, 5.74) is 2.55. The molecule has 4 rings (SSSR count). The number of thiophene rings is 1. The number of nitrogens with zero attached hydrogens (tertiary/aromatic N) is 2. The summed E-state index contributed by atoms with van der Waals surface area (Å²) < 4.78 is 1.36. The molecule has 0 N–H and O–H groups in total. The summed E-state index contributed by atoms with van der Waals surface area (Å²) in [4.78, 5) is 29.8. The summed E-state index contributed by atoms with van der Waals surface area (Å²) in [6.07, 6.45) is 1.44. The van der Waals surface area contributed by atoms with Crippen LogP contribution in [-0.4, -0.2) is 15.3 Å². The van der Waals surface area contributed by atoms with Crippen molar-refractivity contribution < 1.29 is 4.79 Å². The second kappa shape index (κ2) is 6.45. The van der Waals surface area contributed by atoms with Crippen LogP contribution in [0.15, 0.2) is 77.2 Å². The van der Waals surface area contributed by atoms with Gasteiger partial charge < -0.3 is 0 Å². The number of hydrogen-bond donors (Lipinski definition) is 0. The van der Waals surface area contributed by atoms with E-state index in [0.717, 1.165) is 11.1 Å². The van der Waals surface area contributed by atoms with Crippen LogP contribution in [0.3, 0.4) is 0 Å². The van der Waals surface area contributed by atoms with Crippen LogP contribution in [0, 0.1) is 0 Å². The Morgan fingerprint density at radius 3 is 2.44 bits per heavy atom. The Bertz CT molecular complexity index is 1100. The SMILES string of the molecule is O=C(Cn1cnc2sccc2c1=O)c1ccc(-c2ccccc2)cc1. The largest absolute Gasteiger partial charge is 0.292 e. The van der Waals surface area contributed by atoms with E-state index < -0.39 is 0 Å². The van der Waals surface area contributed by atoms with Crippen LogP contribution in [0.25, 0.3) is 21.3 Å². The van der Waals surface area contributed by atoms with Crippen LogP contribution in [-0.2, 0) is 6.54 Å². The highest BCUT2D eigenvalue weighted by atomic mass is 32.1. The van der Waals surface area contributed by atoms with Crippen LogP contribution in [0.5, 0.6) is 0 Å². The predicted octanol–water partition coefficient (Wildman–Crippen LogP) is 4.01. The van der Waals surface area contributed by atoms with E-state index in [0.29, 0.717) is 15.8 Å². The quantitative estimate of drug-likeness (QED) is 0.525. The molecule has 0 fully saturated rings. The minimum Gasteiger partial charge on any atom is -0.292 e. The maximum Gasteiger partial charge on any atom is 0.262 e. The van der Waals surface area contributed by atoms with Gasteiger partial charge in [-0.05, 0) is 22.6 Å². The molecule has 2 aromatic carbocycles. The number of aromatic nitrogens is 2. The second-order valence-corrected chi connectivity index (χ2v) is 6.58. The third kappa shape index (κ3) is 3.02. The van der Waals surface area contributed by atoms with E-state index in [1.54, 1.807) is 18.2 Å². The average Bonchev–Trinajstić information content (AvgIpc) is 3.14. The monoisotopic (exact) mass is 346 g/mol. The smallest absolute Gasteiger partial charge is 0.262 e. The molecule has 0 unspecified atom stereocenters. The molecule has 0 saturated carbocycles. The molecule has 25 heavy (non-hydrogen) atoms. The number of carbonyl (C=O) groups excluding carboxylic acids is 1. The Kier molecular flexibility index (Phi) is 3.99. The lowest BCUT2D eigenvalue weighted by Gasteiger charge is -2.06. The van der Waals surface area contributed by atoms with E-state index in [-0.39, 0.29) is 17.9 Å². The van der Waals surface area contributed by atoms with E-state index in [1.807, 2.05) is 47.8 Å². The van der Waals surface area contributed by atoms with E-state index in [1.165, 1.54) is 22.2 Å². The van der Waals surface area contributed by atoms with Gasteiger partial charge in [-0.2, -0.15) is 0 Å². The highest BCUT2D eigenvalue weighted by molar-refractivity contribution is 7.16. The summed E-state index contributed by atoms with van der Waals surface area (Å²) in [6.45, 7) is -0.0116. The molecule has 4 nitrogen and oxygen atoms in total. The lowest BCUT2D eigenvalue weighted by molar-refractivity contribution is 0.0970. The fraction of sp³-hybridized carbons (Fsp3) is 0.0500. The number of rotatable bonds is 4. The Morgan fingerprint density at radius 1 is 0.960 bits per heavy atom. The van der Waals surface area contributed by atoms with Gasteiger partial charge in [0, 0.05) is 5.56 Å².